The number of fused-ring (bicyclic) bond motifs is 1. The van der Waals surface area contributed by atoms with E-state index in [1.807, 2.05) is 54.1 Å². The fraction of sp³-hybridized carbons (Fsp3) is 0.182. The first-order valence-corrected chi connectivity index (χ1v) is 4.63. The summed E-state index contributed by atoms with van der Waals surface area (Å²) in [6, 6.07) is 6.00. The fourth-order valence-electron chi connectivity index (χ4n) is 1.28. The highest BCUT2D eigenvalue weighted by Crippen LogP contribution is 2.05. The van der Waals surface area contributed by atoms with Crippen molar-refractivity contribution in [1.82, 2.24) is 9.38 Å². The molecule has 0 aromatic carbocycles. The summed E-state index contributed by atoms with van der Waals surface area (Å²) in [4.78, 5) is 4.41. The molecular formula is C11H13N3. The largest absolute Gasteiger partial charge is 0.325 e. The number of rotatable bonds is 2. The van der Waals surface area contributed by atoms with Crippen molar-refractivity contribution < 1.29 is 0 Å². The summed E-state index contributed by atoms with van der Waals surface area (Å²) < 4.78 is 1.99. The molecule has 3 nitrogen and oxygen atoms in total. The molecule has 3 heteroatoms. The molecule has 0 saturated carbocycles. The van der Waals surface area contributed by atoms with Crippen molar-refractivity contribution in [2.45, 2.75) is 13.0 Å². The van der Waals surface area contributed by atoms with Crippen LogP contribution < -0.4 is 5.73 Å². The van der Waals surface area contributed by atoms with Crippen molar-refractivity contribution >= 4 is 11.7 Å². The molecule has 2 heterocycles. The first kappa shape index (κ1) is 8.97. The molecule has 0 radical (unpaired) electrons. The Labute approximate surface area is 82.9 Å². The molecule has 72 valence electrons. The third kappa shape index (κ3) is 1.83. The van der Waals surface area contributed by atoms with E-state index >= 15 is 0 Å². The quantitative estimate of drug-likeness (QED) is 0.777. The lowest BCUT2D eigenvalue weighted by Gasteiger charge is -1.91. The maximum atomic E-state index is 5.61. The van der Waals surface area contributed by atoms with Gasteiger partial charge in [0.05, 0.1) is 5.69 Å². The van der Waals surface area contributed by atoms with Gasteiger partial charge in [0.1, 0.15) is 5.65 Å². The van der Waals surface area contributed by atoms with Crippen LogP contribution in [0.1, 0.15) is 12.6 Å². The molecule has 0 bridgehead atoms. The molecule has 0 amide bonds. The van der Waals surface area contributed by atoms with Crippen LogP contribution in [-0.4, -0.2) is 15.4 Å². The number of hydrogen-bond acceptors (Lipinski definition) is 2. The van der Waals surface area contributed by atoms with E-state index in [4.69, 9.17) is 5.73 Å². The van der Waals surface area contributed by atoms with Crippen LogP contribution in [0.3, 0.4) is 0 Å². The van der Waals surface area contributed by atoms with E-state index in [9.17, 15) is 0 Å². The number of aromatic nitrogens is 2. The molecule has 0 fully saturated rings. The Morgan fingerprint density at radius 2 is 2.36 bits per heavy atom. The maximum Gasteiger partial charge on any atom is 0.137 e. The van der Waals surface area contributed by atoms with Crippen LogP contribution >= 0.6 is 0 Å². The molecule has 0 aliphatic heterocycles. The van der Waals surface area contributed by atoms with Crippen molar-refractivity contribution in [3.63, 3.8) is 0 Å². The van der Waals surface area contributed by atoms with Gasteiger partial charge in [-0.3, -0.25) is 0 Å². The average molecular weight is 187 g/mol. The minimum absolute atomic E-state index is 0.0693. The molecule has 14 heavy (non-hydrogen) atoms. The first-order valence-electron chi connectivity index (χ1n) is 4.63. The molecule has 0 aliphatic carbocycles. The summed E-state index contributed by atoms with van der Waals surface area (Å²) in [6.07, 6.45) is 7.83. The Morgan fingerprint density at radius 3 is 3.07 bits per heavy atom. The molecule has 2 aromatic heterocycles. The van der Waals surface area contributed by atoms with Crippen molar-refractivity contribution in [3.05, 3.63) is 42.4 Å². The van der Waals surface area contributed by atoms with E-state index in [1.165, 1.54) is 0 Å². The zero-order valence-corrected chi connectivity index (χ0v) is 8.09. The van der Waals surface area contributed by atoms with Gasteiger partial charge in [0.15, 0.2) is 0 Å². The van der Waals surface area contributed by atoms with Gasteiger partial charge in [-0.2, -0.15) is 0 Å². The van der Waals surface area contributed by atoms with Gasteiger partial charge in [-0.05, 0) is 25.1 Å². The van der Waals surface area contributed by atoms with Crippen LogP contribution in [0, 0.1) is 0 Å². The lowest BCUT2D eigenvalue weighted by Crippen LogP contribution is -2.09. The Balaban J connectivity index is 2.36. The highest BCUT2D eigenvalue weighted by Gasteiger charge is 1.96. The maximum absolute atomic E-state index is 5.61. The van der Waals surface area contributed by atoms with Crippen molar-refractivity contribution in [2.24, 2.45) is 5.73 Å². The summed E-state index contributed by atoms with van der Waals surface area (Å²) in [6.45, 7) is 1.94. The van der Waals surface area contributed by atoms with E-state index in [2.05, 4.69) is 4.98 Å². The van der Waals surface area contributed by atoms with Gasteiger partial charge in [0, 0.05) is 18.4 Å². The smallest absolute Gasteiger partial charge is 0.137 e. The zero-order valence-electron chi connectivity index (χ0n) is 8.09. The van der Waals surface area contributed by atoms with Gasteiger partial charge in [-0.1, -0.05) is 12.1 Å². The second kappa shape index (κ2) is 3.64. The van der Waals surface area contributed by atoms with E-state index < -0.39 is 0 Å². The van der Waals surface area contributed by atoms with E-state index in [1.54, 1.807) is 0 Å². The van der Waals surface area contributed by atoms with Gasteiger partial charge < -0.3 is 10.1 Å². The third-order valence-corrected chi connectivity index (χ3v) is 1.95. The topological polar surface area (TPSA) is 43.3 Å². The summed E-state index contributed by atoms with van der Waals surface area (Å²) in [5.74, 6) is 0. The Bertz CT molecular complexity index is 421. The highest BCUT2D eigenvalue weighted by molar-refractivity contribution is 5.51. The van der Waals surface area contributed by atoms with E-state index in [-0.39, 0.29) is 6.04 Å². The number of imidazole rings is 1. The Kier molecular flexibility index (Phi) is 2.33. The normalized spacial score (nSPS) is 13.9. The van der Waals surface area contributed by atoms with Gasteiger partial charge >= 0.3 is 0 Å². The third-order valence-electron chi connectivity index (χ3n) is 1.95. The number of nitrogens with two attached hydrogens (primary N) is 1. The van der Waals surface area contributed by atoms with Gasteiger partial charge in [-0.25, -0.2) is 4.98 Å². The van der Waals surface area contributed by atoms with E-state index in [0.29, 0.717) is 0 Å². The predicted octanol–water partition coefficient (Wildman–Crippen LogP) is 1.69. The molecule has 2 aromatic rings. The van der Waals surface area contributed by atoms with Crippen LogP contribution in [0.4, 0.5) is 0 Å². The monoisotopic (exact) mass is 187 g/mol. The lowest BCUT2D eigenvalue weighted by atomic mass is 10.3. The standard InChI is InChI=1S/C11H13N3/c1-9(12)5-6-10-8-14-7-3-2-4-11(14)13-10/h2-9H,12H2,1H3/b6-5+. The zero-order chi connectivity index (χ0) is 9.97. The fourth-order valence-corrected chi connectivity index (χ4v) is 1.28. The molecule has 0 aliphatic rings. The summed E-state index contributed by atoms with van der Waals surface area (Å²) in [7, 11) is 0. The molecule has 1 atom stereocenters. The second-order valence-electron chi connectivity index (χ2n) is 3.35. The van der Waals surface area contributed by atoms with Crippen LogP contribution in [0.2, 0.25) is 0 Å². The summed E-state index contributed by atoms with van der Waals surface area (Å²) >= 11 is 0. The predicted molar refractivity (Wildman–Crippen MR) is 57.9 cm³/mol. The molecule has 2 N–H and O–H groups in total. The van der Waals surface area contributed by atoms with Crippen LogP contribution in [0.15, 0.2) is 36.7 Å². The Morgan fingerprint density at radius 1 is 1.50 bits per heavy atom. The van der Waals surface area contributed by atoms with Crippen LogP contribution in [0.5, 0.6) is 0 Å². The molecule has 0 spiro atoms. The average Bonchev–Trinajstić information content (AvgIpc) is 2.57. The number of nitrogens with zero attached hydrogens (tertiary/aromatic N) is 2. The first-order chi connectivity index (χ1) is 6.75. The molecule has 0 saturated heterocycles. The number of pyridine rings is 1. The minimum Gasteiger partial charge on any atom is -0.325 e. The van der Waals surface area contributed by atoms with Crippen molar-refractivity contribution in [2.75, 3.05) is 0 Å². The molecule has 2 rings (SSSR count). The SMILES string of the molecule is CC(N)/C=C/c1cn2ccccc2n1. The number of hydrogen-bond donors (Lipinski definition) is 1. The van der Waals surface area contributed by atoms with Crippen LogP contribution in [-0.2, 0) is 0 Å². The minimum atomic E-state index is 0.0693. The second-order valence-corrected chi connectivity index (χ2v) is 3.35. The lowest BCUT2D eigenvalue weighted by molar-refractivity contribution is 0.930. The van der Waals surface area contributed by atoms with Gasteiger partial charge in [0.2, 0.25) is 0 Å². The molecule has 1 unspecified atom stereocenters. The highest BCUT2D eigenvalue weighted by atomic mass is 15.0. The van der Waals surface area contributed by atoms with Gasteiger partial charge in [0.25, 0.3) is 0 Å². The van der Waals surface area contributed by atoms with Crippen LogP contribution in [0.25, 0.3) is 11.7 Å². The summed E-state index contributed by atoms with van der Waals surface area (Å²) in [5.41, 5.74) is 7.51. The van der Waals surface area contributed by atoms with Gasteiger partial charge in [-0.15, -0.1) is 0 Å². The molecular weight excluding hydrogens is 174 g/mol. The summed E-state index contributed by atoms with van der Waals surface area (Å²) in [5, 5.41) is 0. The van der Waals surface area contributed by atoms with Crippen molar-refractivity contribution in [3.8, 4) is 0 Å². The van der Waals surface area contributed by atoms with E-state index in [0.717, 1.165) is 11.3 Å². The van der Waals surface area contributed by atoms with Crippen molar-refractivity contribution in [1.29, 1.82) is 0 Å². The Hall–Kier alpha value is -1.61.